The predicted molar refractivity (Wildman–Crippen MR) is 109 cm³/mol. The van der Waals surface area contributed by atoms with Crippen molar-refractivity contribution in [1.82, 2.24) is 9.97 Å². The van der Waals surface area contributed by atoms with Gasteiger partial charge < -0.3 is 9.84 Å². The lowest BCUT2D eigenvalue weighted by Crippen LogP contribution is -2.10. The van der Waals surface area contributed by atoms with Crippen LogP contribution in [0, 0.1) is 6.92 Å². The molecule has 3 aromatic rings. The summed E-state index contributed by atoms with van der Waals surface area (Å²) in [7, 11) is 0. The van der Waals surface area contributed by atoms with Gasteiger partial charge in [0, 0.05) is 11.1 Å². The number of unbranched alkanes of at least 4 members (excludes halogenated alkanes) is 4. The van der Waals surface area contributed by atoms with Crippen LogP contribution in [0.1, 0.15) is 50.3 Å². The van der Waals surface area contributed by atoms with Gasteiger partial charge in [-0.05, 0) is 50.1 Å². The molecule has 0 saturated heterocycles. The summed E-state index contributed by atoms with van der Waals surface area (Å²) in [6.45, 7) is 4.08. The molecule has 138 valence electrons. The first-order valence-electron chi connectivity index (χ1n) is 9.67. The Morgan fingerprint density at radius 1 is 0.963 bits per heavy atom. The normalized spacial score (nSPS) is 14.1. The standard InChI is InChI=1S/C23H24N2O2/c1-3-4-5-6-7-12-20-22-21(24-17-10-8-9-11-18(17)25-22)16-13-14-19(26)15(2)23(16)27-20/h8-14,26H,3-7H2,1-2H3/b20-12-. The summed E-state index contributed by atoms with van der Waals surface area (Å²) in [6, 6.07) is 11.4. The molecular formula is C23H24N2O2. The van der Waals surface area contributed by atoms with E-state index in [-0.39, 0.29) is 5.75 Å². The summed E-state index contributed by atoms with van der Waals surface area (Å²) in [6.07, 6.45) is 7.87. The van der Waals surface area contributed by atoms with Gasteiger partial charge in [-0.2, -0.15) is 0 Å². The van der Waals surface area contributed by atoms with Crippen LogP contribution in [0.5, 0.6) is 11.5 Å². The second-order valence-electron chi connectivity index (χ2n) is 7.02. The van der Waals surface area contributed by atoms with Gasteiger partial charge in [0.25, 0.3) is 0 Å². The Morgan fingerprint density at radius 3 is 2.44 bits per heavy atom. The van der Waals surface area contributed by atoms with E-state index < -0.39 is 0 Å². The third-order valence-corrected chi connectivity index (χ3v) is 5.04. The number of fused-ring (bicyclic) bond motifs is 4. The van der Waals surface area contributed by atoms with E-state index in [1.165, 1.54) is 19.3 Å². The van der Waals surface area contributed by atoms with Crippen molar-refractivity contribution < 1.29 is 9.84 Å². The van der Waals surface area contributed by atoms with Gasteiger partial charge in [0.05, 0.1) is 11.0 Å². The van der Waals surface area contributed by atoms with Crippen LogP contribution in [-0.2, 0) is 0 Å². The van der Waals surface area contributed by atoms with Crippen molar-refractivity contribution in [3.63, 3.8) is 0 Å². The maximum Gasteiger partial charge on any atom is 0.151 e. The van der Waals surface area contributed by atoms with Crippen LogP contribution in [0.3, 0.4) is 0 Å². The van der Waals surface area contributed by atoms with E-state index in [0.29, 0.717) is 5.75 Å². The molecule has 0 radical (unpaired) electrons. The number of allylic oxidation sites excluding steroid dienone is 1. The fourth-order valence-corrected chi connectivity index (χ4v) is 3.46. The average Bonchev–Trinajstić information content (AvgIpc) is 2.69. The molecule has 27 heavy (non-hydrogen) atoms. The predicted octanol–water partition coefficient (Wildman–Crippen LogP) is 6.01. The van der Waals surface area contributed by atoms with E-state index in [0.717, 1.165) is 52.1 Å². The molecule has 4 heteroatoms. The molecular weight excluding hydrogens is 336 g/mol. The number of phenolic OH excluding ortho intramolecular Hbond substituents is 1. The highest BCUT2D eigenvalue weighted by Gasteiger charge is 2.27. The summed E-state index contributed by atoms with van der Waals surface area (Å²) in [5, 5.41) is 10.1. The lowest BCUT2D eigenvalue weighted by molar-refractivity contribution is 0.455. The van der Waals surface area contributed by atoms with Gasteiger partial charge in [0.15, 0.2) is 5.76 Å². The Bertz CT molecular complexity index is 1020. The number of aromatic nitrogens is 2. The molecule has 2 heterocycles. The van der Waals surface area contributed by atoms with Gasteiger partial charge in [0.2, 0.25) is 0 Å². The summed E-state index contributed by atoms with van der Waals surface area (Å²) >= 11 is 0. The minimum absolute atomic E-state index is 0.230. The zero-order valence-electron chi connectivity index (χ0n) is 15.8. The van der Waals surface area contributed by atoms with Crippen LogP contribution in [0.4, 0.5) is 0 Å². The van der Waals surface area contributed by atoms with Gasteiger partial charge in [-0.1, -0.05) is 38.3 Å². The maximum absolute atomic E-state index is 10.1. The summed E-state index contributed by atoms with van der Waals surface area (Å²) in [4.78, 5) is 9.72. The number of nitrogens with zero attached hydrogens (tertiary/aromatic N) is 2. The first-order valence-corrected chi connectivity index (χ1v) is 9.67. The largest absolute Gasteiger partial charge is 0.508 e. The minimum atomic E-state index is 0.230. The molecule has 0 bridgehead atoms. The van der Waals surface area contributed by atoms with E-state index in [1.807, 2.05) is 37.3 Å². The maximum atomic E-state index is 10.1. The number of benzene rings is 2. The van der Waals surface area contributed by atoms with Crippen molar-refractivity contribution in [2.45, 2.75) is 46.0 Å². The van der Waals surface area contributed by atoms with Crippen LogP contribution in [0.25, 0.3) is 28.0 Å². The Morgan fingerprint density at radius 2 is 1.70 bits per heavy atom. The highest BCUT2D eigenvalue weighted by Crippen LogP contribution is 2.45. The highest BCUT2D eigenvalue weighted by atomic mass is 16.5. The number of ether oxygens (including phenoxy) is 1. The SMILES string of the molecule is CCCCCC/C=C1\Oc2c(ccc(O)c2C)-c2nc3ccccc3nc21. The molecule has 1 aliphatic heterocycles. The summed E-state index contributed by atoms with van der Waals surface area (Å²) in [5.74, 6) is 1.64. The first kappa shape index (κ1) is 17.5. The zero-order chi connectivity index (χ0) is 18.8. The highest BCUT2D eigenvalue weighted by molar-refractivity contribution is 5.89. The summed E-state index contributed by atoms with van der Waals surface area (Å²) in [5.41, 5.74) is 4.92. The van der Waals surface area contributed by atoms with Gasteiger partial charge in [-0.25, -0.2) is 9.97 Å². The second kappa shape index (κ2) is 7.39. The fourth-order valence-electron chi connectivity index (χ4n) is 3.46. The van der Waals surface area contributed by atoms with Gasteiger partial charge in [-0.3, -0.25) is 0 Å². The number of phenols is 1. The third-order valence-electron chi connectivity index (χ3n) is 5.04. The van der Waals surface area contributed by atoms with Crippen LogP contribution < -0.4 is 4.74 Å². The van der Waals surface area contributed by atoms with Crippen molar-refractivity contribution in [2.24, 2.45) is 0 Å². The van der Waals surface area contributed by atoms with E-state index in [1.54, 1.807) is 6.07 Å². The van der Waals surface area contributed by atoms with Crippen LogP contribution in [-0.4, -0.2) is 15.1 Å². The number of para-hydroxylation sites is 2. The van der Waals surface area contributed by atoms with Crippen LogP contribution >= 0.6 is 0 Å². The Hall–Kier alpha value is -2.88. The number of aromatic hydroxyl groups is 1. The lowest BCUT2D eigenvalue weighted by Gasteiger charge is -2.23. The molecule has 4 rings (SSSR count). The van der Waals surface area contributed by atoms with Crippen molar-refractivity contribution in [3.8, 4) is 22.8 Å². The van der Waals surface area contributed by atoms with Gasteiger partial charge >= 0.3 is 0 Å². The molecule has 0 spiro atoms. The van der Waals surface area contributed by atoms with Crippen molar-refractivity contribution >= 4 is 16.8 Å². The van der Waals surface area contributed by atoms with E-state index in [2.05, 4.69) is 13.0 Å². The number of rotatable bonds is 5. The molecule has 1 N–H and O–H groups in total. The lowest BCUT2D eigenvalue weighted by atomic mass is 9.99. The van der Waals surface area contributed by atoms with Crippen molar-refractivity contribution in [2.75, 3.05) is 0 Å². The third kappa shape index (κ3) is 3.27. The average molecular weight is 360 g/mol. The van der Waals surface area contributed by atoms with Crippen molar-refractivity contribution in [3.05, 3.63) is 53.7 Å². The number of hydrogen-bond acceptors (Lipinski definition) is 4. The van der Waals surface area contributed by atoms with E-state index in [4.69, 9.17) is 14.7 Å². The molecule has 0 amide bonds. The molecule has 0 atom stereocenters. The molecule has 4 nitrogen and oxygen atoms in total. The Kier molecular flexibility index (Phi) is 4.80. The second-order valence-corrected chi connectivity index (χ2v) is 7.02. The zero-order valence-corrected chi connectivity index (χ0v) is 15.8. The van der Waals surface area contributed by atoms with E-state index in [9.17, 15) is 5.11 Å². The first-order chi connectivity index (χ1) is 13.2. The van der Waals surface area contributed by atoms with Crippen LogP contribution in [0.15, 0.2) is 42.5 Å². The molecule has 0 fully saturated rings. The van der Waals surface area contributed by atoms with Gasteiger partial charge in [-0.15, -0.1) is 0 Å². The molecule has 1 aliphatic rings. The quantitative estimate of drug-likeness (QED) is 0.566. The Labute approximate surface area is 159 Å². The summed E-state index contributed by atoms with van der Waals surface area (Å²) < 4.78 is 6.22. The topological polar surface area (TPSA) is 55.2 Å². The molecule has 1 aromatic heterocycles. The number of hydrogen-bond donors (Lipinski definition) is 1. The molecule has 2 aromatic carbocycles. The molecule has 0 unspecified atom stereocenters. The van der Waals surface area contributed by atoms with Crippen molar-refractivity contribution in [1.29, 1.82) is 0 Å². The molecule has 0 saturated carbocycles. The minimum Gasteiger partial charge on any atom is -0.508 e. The molecule has 0 aliphatic carbocycles. The monoisotopic (exact) mass is 360 g/mol. The smallest absolute Gasteiger partial charge is 0.151 e. The van der Waals surface area contributed by atoms with E-state index >= 15 is 0 Å². The van der Waals surface area contributed by atoms with Gasteiger partial charge in [0.1, 0.15) is 22.9 Å². The fraction of sp³-hybridized carbons (Fsp3) is 0.304. The Balaban J connectivity index is 1.83. The van der Waals surface area contributed by atoms with Crippen LogP contribution in [0.2, 0.25) is 0 Å².